The van der Waals surface area contributed by atoms with Gasteiger partial charge in [0.15, 0.2) is 0 Å². The first-order chi connectivity index (χ1) is 3.84. The smallest absolute Gasteiger partial charge is 0.569 e. The van der Waals surface area contributed by atoms with E-state index in [0.29, 0.717) is 13.1 Å². The van der Waals surface area contributed by atoms with Crippen LogP contribution in [0.2, 0.25) is 0 Å². The van der Waals surface area contributed by atoms with E-state index in [4.69, 9.17) is 5.21 Å². The third-order valence-electron chi connectivity index (χ3n) is 1.15. The zero-order chi connectivity index (χ0) is 5.98. The Morgan fingerprint density at radius 3 is 2.22 bits per heavy atom. The molecule has 1 fully saturated rings. The summed E-state index contributed by atoms with van der Waals surface area (Å²) in [6.45, 7) is 1.40. The summed E-state index contributed by atoms with van der Waals surface area (Å²) in [6, 6.07) is 0. The predicted octanol–water partition coefficient (Wildman–Crippen LogP) is -3.04. The van der Waals surface area contributed by atoms with Crippen LogP contribution < -0.4 is 29.6 Å². The Morgan fingerprint density at radius 1 is 1.56 bits per heavy atom. The Hall–Kier alpha value is 0.0000000000000000555. The van der Waals surface area contributed by atoms with Gasteiger partial charge in [0, 0.05) is 0 Å². The molecule has 0 spiro atoms. The minimum absolute atomic E-state index is 0. The van der Waals surface area contributed by atoms with Crippen molar-refractivity contribution in [1.82, 2.24) is 5.01 Å². The molecule has 0 atom stereocenters. The van der Waals surface area contributed by atoms with Gasteiger partial charge in [0.1, 0.15) is 0 Å². The van der Waals surface area contributed by atoms with Crippen molar-refractivity contribution in [3.8, 4) is 0 Å². The Bertz CT molecular complexity index is 114. The molecular formula is C3H7N3NaO2+. The van der Waals surface area contributed by atoms with E-state index in [2.05, 4.69) is 5.28 Å². The summed E-state index contributed by atoms with van der Waals surface area (Å²) in [5.41, 5.74) is 0. The van der Waals surface area contributed by atoms with Crippen LogP contribution in [0.5, 0.6) is 0 Å². The number of hydrogen-bond acceptors (Lipinski definition) is 2. The van der Waals surface area contributed by atoms with Crippen molar-refractivity contribution in [1.29, 1.82) is 0 Å². The number of rotatable bonds is 1. The van der Waals surface area contributed by atoms with E-state index in [1.807, 2.05) is 0 Å². The summed E-state index contributed by atoms with van der Waals surface area (Å²) in [5, 5.41) is 21.9. The Balaban J connectivity index is 0.000000640. The van der Waals surface area contributed by atoms with Gasteiger partial charge >= 0.3 is 29.6 Å². The van der Waals surface area contributed by atoms with Crippen LogP contribution in [-0.2, 0) is 0 Å². The van der Waals surface area contributed by atoms with Gasteiger partial charge in [-0.15, -0.1) is 5.01 Å². The molecule has 1 aliphatic heterocycles. The molecule has 1 saturated heterocycles. The maximum Gasteiger partial charge on any atom is 1.00 e. The molecule has 9 heavy (non-hydrogen) atoms. The number of hydrazine groups is 1. The number of hydrogen-bond donors (Lipinski definition) is 1. The van der Waals surface area contributed by atoms with Crippen molar-refractivity contribution < 1.29 is 39.7 Å². The largest absolute Gasteiger partial charge is 1.00 e. The van der Waals surface area contributed by atoms with E-state index in [0.717, 1.165) is 6.42 Å². The predicted molar refractivity (Wildman–Crippen MR) is 24.0 cm³/mol. The summed E-state index contributed by atoms with van der Waals surface area (Å²) in [4.78, 5) is 0.198. The Labute approximate surface area is 74.8 Å². The quantitative estimate of drug-likeness (QED) is 0.182. The van der Waals surface area contributed by atoms with Crippen LogP contribution in [0.3, 0.4) is 0 Å². The minimum Gasteiger partial charge on any atom is -0.569 e. The average Bonchev–Trinajstić information content (AvgIpc) is 1.62. The molecule has 1 N–H and O–H groups in total. The molecule has 0 aromatic heterocycles. The number of nitrogens with zero attached hydrogens (tertiary/aromatic N) is 3. The second-order valence-corrected chi connectivity index (χ2v) is 1.65. The maximum absolute atomic E-state index is 10.2. The van der Waals surface area contributed by atoms with E-state index < -0.39 is 0 Å². The summed E-state index contributed by atoms with van der Waals surface area (Å²) >= 11 is 0. The van der Waals surface area contributed by atoms with E-state index in [1.54, 1.807) is 0 Å². The standard InChI is InChI=1S/C3H7N3O2.Na/c7-4-6(8)5-2-1-3-5;/h7H,1-3H2;/q;+1. The molecule has 0 amide bonds. The second kappa shape index (κ2) is 3.92. The molecule has 0 unspecified atom stereocenters. The third-order valence-corrected chi connectivity index (χ3v) is 1.15. The first-order valence-corrected chi connectivity index (χ1v) is 2.42. The first-order valence-electron chi connectivity index (χ1n) is 2.42. The molecule has 0 aromatic carbocycles. The summed E-state index contributed by atoms with van der Waals surface area (Å²) in [6.07, 6.45) is 1.01. The zero-order valence-electron chi connectivity index (χ0n) is 5.32. The monoisotopic (exact) mass is 140 g/mol. The topological polar surface area (TPSA) is 61.9 Å². The van der Waals surface area contributed by atoms with Gasteiger partial charge in [0.2, 0.25) is 5.28 Å². The molecular weight excluding hydrogens is 133 g/mol. The third kappa shape index (κ3) is 2.00. The molecule has 0 bridgehead atoms. The molecule has 46 valence electrons. The average molecular weight is 140 g/mol. The minimum atomic E-state index is 0. The molecule has 0 saturated carbocycles. The van der Waals surface area contributed by atoms with Crippen LogP contribution in [0.15, 0.2) is 5.28 Å². The van der Waals surface area contributed by atoms with Gasteiger partial charge in [-0.05, 0) is 6.42 Å². The fraction of sp³-hybridized carbons (Fsp3) is 1.00. The maximum atomic E-state index is 10.2. The molecule has 6 heteroatoms. The van der Waals surface area contributed by atoms with Crippen molar-refractivity contribution in [3.63, 3.8) is 0 Å². The molecule has 0 aromatic rings. The van der Waals surface area contributed by atoms with Crippen LogP contribution in [-0.4, -0.2) is 28.3 Å². The van der Waals surface area contributed by atoms with Gasteiger partial charge in [-0.3, -0.25) is 0 Å². The van der Waals surface area contributed by atoms with Crippen molar-refractivity contribution >= 4 is 0 Å². The van der Waals surface area contributed by atoms with Gasteiger partial charge in [0.05, 0.1) is 18.1 Å². The summed E-state index contributed by atoms with van der Waals surface area (Å²) in [5.74, 6) is 0. The van der Waals surface area contributed by atoms with Crippen molar-refractivity contribution in [2.75, 3.05) is 13.1 Å². The van der Waals surface area contributed by atoms with Gasteiger partial charge in [0.25, 0.3) is 0 Å². The van der Waals surface area contributed by atoms with Crippen molar-refractivity contribution in [3.05, 3.63) is 5.21 Å². The Morgan fingerprint density at radius 2 is 2.11 bits per heavy atom. The van der Waals surface area contributed by atoms with E-state index >= 15 is 0 Å². The van der Waals surface area contributed by atoms with Crippen LogP contribution in [0, 0.1) is 5.21 Å². The van der Waals surface area contributed by atoms with Crippen molar-refractivity contribution in [2.45, 2.75) is 6.42 Å². The molecule has 1 heterocycles. The van der Waals surface area contributed by atoms with Gasteiger partial charge < -0.3 is 10.4 Å². The van der Waals surface area contributed by atoms with Gasteiger partial charge in [-0.1, -0.05) is 0 Å². The molecule has 0 radical (unpaired) electrons. The SMILES string of the molecule is [Na+].[O-][N+](=NO)N1CCC1. The fourth-order valence-corrected chi connectivity index (χ4v) is 0.527. The molecule has 1 aliphatic rings. The fourth-order valence-electron chi connectivity index (χ4n) is 0.527. The van der Waals surface area contributed by atoms with Gasteiger partial charge in [-0.25, -0.2) is 0 Å². The normalized spacial score (nSPS) is 18.2. The van der Waals surface area contributed by atoms with E-state index in [9.17, 15) is 5.21 Å². The van der Waals surface area contributed by atoms with E-state index in [1.165, 1.54) is 5.01 Å². The Kier molecular flexibility index (Phi) is 3.92. The zero-order valence-corrected chi connectivity index (χ0v) is 7.32. The van der Waals surface area contributed by atoms with Crippen LogP contribution in [0.25, 0.3) is 0 Å². The summed E-state index contributed by atoms with van der Waals surface area (Å²) in [7, 11) is 0. The molecule has 5 nitrogen and oxygen atoms in total. The molecule has 1 rings (SSSR count). The molecule has 0 aliphatic carbocycles. The summed E-state index contributed by atoms with van der Waals surface area (Å²) < 4.78 is 0. The van der Waals surface area contributed by atoms with Crippen molar-refractivity contribution in [2.24, 2.45) is 5.28 Å². The van der Waals surface area contributed by atoms with Gasteiger partial charge in [-0.2, -0.15) is 0 Å². The van der Waals surface area contributed by atoms with Crippen LogP contribution >= 0.6 is 0 Å². The van der Waals surface area contributed by atoms with Crippen LogP contribution in [0.1, 0.15) is 6.42 Å². The van der Waals surface area contributed by atoms with E-state index in [-0.39, 0.29) is 34.5 Å². The first kappa shape index (κ1) is 9.00. The second-order valence-electron chi connectivity index (χ2n) is 1.65. The van der Waals surface area contributed by atoms with Crippen LogP contribution in [0.4, 0.5) is 0 Å².